The molecule has 0 saturated carbocycles. The molecular weight excluding hydrogens is 186 g/mol. The number of thioether (sulfide) groups is 1. The Hall–Kier alpha value is -0.660. The lowest BCUT2D eigenvalue weighted by Crippen LogP contribution is -2.46. The first-order chi connectivity index (χ1) is 5.91. The third-order valence-corrected chi connectivity index (χ3v) is 2.99. The van der Waals surface area contributed by atoms with Gasteiger partial charge in [0.1, 0.15) is 6.04 Å². The Morgan fingerprint density at radius 3 is 2.62 bits per heavy atom. The summed E-state index contributed by atoms with van der Waals surface area (Å²) in [5, 5.41) is 8.70. The summed E-state index contributed by atoms with van der Waals surface area (Å²) in [4.78, 5) is 10.6. The smallest absolute Gasteiger partial charge is 0.321 e. The zero-order chi connectivity index (χ0) is 10.5. The van der Waals surface area contributed by atoms with Crippen molar-refractivity contribution < 1.29 is 9.90 Å². The lowest BCUT2D eigenvalue weighted by molar-refractivity contribution is -0.139. The highest BCUT2D eigenvalue weighted by Gasteiger charge is 2.31. The molecule has 13 heavy (non-hydrogen) atoms. The molecule has 0 radical (unpaired) electrons. The summed E-state index contributed by atoms with van der Waals surface area (Å²) in [6.07, 6.45) is 0. The van der Waals surface area contributed by atoms with Gasteiger partial charge in [0, 0.05) is 4.75 Å². The summed E-state index contributed by atoms with van der Waals surface area (Å²) in [6.45, 7) is 5.38. The van der Waals surface area contributed by atoms with Crippen LogP contribution in [-0.2, 0) is 4.79 Å². The lowest BCUT2D eigenvalue weighted by Gasteiger charge is -2.26. The van der Waals surface area contributed by atoms with E-state index in [1.165, 1.54) is 11.8 Å². The van der Waals surface area contributed by atoms with Crippen molar-refractivity contribution in [3.05, 3.63) is 0 Å². The van der Waals surface area contributed by atoms with E-state index in [9.17, 15) is 4.79 Å². The zero-order valence-electron chi connectivity index (χ0n) is 8.13. The first-order valence-corrected chi connectivity index (χ1v) is 4.92. The quantitative estimate of drug-likeness (QED) is 0.664. The molecule has 4 heteroatoms. The van der Waals surface area contributed by atoms with Crippen LogP contribution in [0.4, 0.5) is 0 Å². The molecule has 0 aromatic heterocycles. The van der Waals surface area contributed by atoms with E-state index < -0.39 is 16.8 Å². The van der Waals surface area contributed by atoms with Crippen LogP contribution in [0.2, 0.25) is 0 Å². The van der Waals surface area contributed by atoms with Crippen LogP contribution >= 0.6 is 11.8 Å². The van der Waals surface area contributed by atoms with Gasteiger partial charge in [0.05, 0.1) is 5.75 Å². The molecule has 0 aliphatic carbocycles. The Bertz CT molecular complexity index is 240. The van der Waals surface area contributed by atoms with E-state index >= 15 is 0 Å². The Morgan fingerprint density at radius 1 is 1.69 bits per heavy atom. The van der Waals surface area contributed by atoms with E-state index in [4.69, 9.17) is 10.8 Å². The van der Waals surface area contributed by atoms with Gasteiger partial charge in [-0.05, 0) is 20.8 Å². The molecular formula is C9H15NO2S. The largest absolute Gasteiger partial charge is 0.480 e. The maximum absolute atomic E-state index is 10.6. The average Bonchev–Trinajstić information content (AvgIpc) is 2.03. The molecule has 3 N–H and O–H groups in total. The molecule has 0 bridgehead atoms. The minimum absolute atomic E-state index is 0.477. The number of hydrogen-bond donors (Lipinski definition) is 2. The van der Waals surface area contributed by atoms with Gasteiger partial charge in [-0.3, -0.25) is 4.79 Å². The molecule has 0 fully saturated rings. The summed E-state index contributed by atoms with van der Waals surface area (Å²) >= 11 is 1.46. The van der Waals surface area contributed by atoms with Crippen molar-refractivity contribution in [1.82, 2.24) is 0 Å². The minimum atomic E-state index is -0.970. The van der Waals surface area contributed by atoms with Crippen LogP contribution in [0, 0.1) is 11.8 Å². The van der Waals surface area contributed by atoms with Gasteiger partial charge in [0.2, 0.25) is 0 Å². The maximum Gasteiger partial charge on any atom is 0.321 e. The van der Waals surface area contributed by atoms with E-state index in [1.54, 1.807) is 6.92 Å². The lowest BCUT2D eigenvalue weighted by atomic mass is 10.1. The predicted octanol–water partition coefficient (Wildman–Crippen LogP) is 0.933. The molecule has 0 aromatic carbocycles. The normalized spacial score (nSPS) is 12.9. The van der Waals surface area contributed by atoms with Crippen molar-refractivity contribution in [1.29, 1.82) is 0 Å². The van der Waals surface area contributed by atoms with Crippen molar-refractivity contribution in [3.8, 4) is 11.8 Å². The molecule has 0 unspecified atom stereocenters. The number of rotatable bonds is 4. The number of carbonyl (C=O) groups is 1. The third-order valence-electron chi connectivity index (χ3n) is 1.71. The second kappa shape index (κ2) is 5.15. The fourth-order valence-electron chi connectivity index (χ4n) is 0.681. The Labute approximate surface area is 83.1 Å². The van der Waals surface area contributed by atoms with E-state index in [2.05, 4.69) is 11.8 Å². The van der Waals surface area contributed by atoms with Crippen molar-refractivity contribution >= 4 is 17.7 Å². The van der Waals surface area contributed by atoms with E-state index in [0.29, 0.717) is 5.75 Å². The number of hydrogen-bond acceptors (Lipinski definition) is 3. The summed E-state index contributed by atoms with van der Waals surface area (Å²) in [5.74, 6) is 5.26. The second-order valence-corrected chi connectivity index (χ2v) is 4.76. The highest BCUT2D eigenvalue weighted by molar-refractivity contribution is 8.00. The molecule has 0 saturated heterocycles. The fraction of sp³-hybridized carbons (Fsp3) is 0.667. The molecule has 0 aromatic rings. The summed E-state index contributed by atoms with van der Waals surface area (Å²) in [5.41, 5.74) is 5.51. The molecule has 0 heterocycles. The molecule has 0 aliphatic rings. The van der Waals surface area contributed by atoms with Crippen molar-refractivity contribution in [2.45, 2.75) is 31.6 Å². The highest BCUT2D eigenvalue weighted by atomic mass is 32.2. The second-order valence-electron chi connectivity index (χ2n) is 3.13. The topological polar surface area (TPSA) is 63.3 Å². The fourth-order valence-corrected chi connectivity index (χ4v) is 1.55. The van der Waals surface area contributed by atoms with Crippen molar-refractivity contribution in [2.24, 2.45) is 5.73 Å². The molecule has 0 aliphatic heterocycles. The van der Waals surface area contributed by atoms with Gasteiger partial charge >= 0.3 is 5.97 Å². The van der Waals surface area contributed by atoms with Crippen LogP contribution in [-0.4, -0.2) is 27.6 Å². The van der Waals surface area contributed by atoms with Crippen LogP contribution in [0.15, 0.2) is 0 Å². The predicted molar refractivity (Wildman–Crippen MR) is 55.6 cm³/mol. The number of carboxylic acid groups (broad SMARTS) is 1. The molecule has 0 spiro atoms. The summed E-state index contributed by atoms with van der Waals surface area (Å²) in [6, 6.07) is -0.851. The van der Waals surface area contributed by atoms with Gasteiger partial charge in [0.15, 0.2) is 0 Å². The van der Waals surface area contributed by atoms with Gasteiger partial charge in [-0.25, -0.2) is 0 Å². The number of carboxylic acids is 1. The van der Waals surface area contributed by atoms with Crippen LogP contribution in [0.5, 0.6) is 0 Å². The number of nitrogens with two attached hydrogens (primary N) is 1. The Kier molecular flexibility index (Phi) is 4.89. The number of aliphatic carboxylic acids is 1. The minimum Gasteiger partial charge on any atom is -0.480 e. The van der Waals surface area contributed by atoms with Crippen LogP contribution in [0.25, 0.3) is 0 Å². The first kappa shape index (κ1) is 12.3. The van der Waals surface area contributed by atoms with Gasteiger partial charge in [-0.1, -0.05) is 5.92 Å². The van der Waals surface area contributed by atoms with Gasteiger partial charge in [0.25, 0.3) is 0 Å². The van der Waals surface area contributed by atoms with Crippen LogP contribution in [0.3, 0.4) is 0 Å². The van der Waals surface area contributed by atoms with Crippen LogP contribution in [0.1, 0.15) is 20.8 Å². The first-order valence-electron chi connectivity index (χ1n) is 3.93. The summed E-state index contributed by atoms with van der Waals surface area (Å²) < 4.78 is -0.477. The maximum atomic E-state index is 10.6. The van der Waals surface area contributed by atoms with Gasteiger partial charge in [-0.15, -0.1) is 17.7 Å². The van der Waals surface area contributed by atoms with E-state index in [-0.39, 0.29) is 0 Å². The Balaban J connectivity index is 4.18. The average molecular weight is 201 g/mol. The molecule has 1 atom stereocenters. The summed E-state index contributed by atoms with van der Waals surface area (Å²) in [7, 11) is 0. The van der Waals surface area contributed by atoms with E-state index in [0.717, 1.165) is 0 Å². The van der Waals surface area contributed by atoms with Gasteiger partial charge < -0.3 is 10.8 Å². The van der Waals surface area contributed by atoms with Crippen LogP contribution < -0.4 is 5.73 Å². The highest BCUT2D eigenvalue weighted by Crippen LogP contribution is 2.26. The molecule has 74 valence electrons. The standard InChI is InChI=1S/C9H15NO2S/c1-4-5-6-13-9(2,3)7(10)8(11)12/h7H,6,10H2,1-3H3,(H,11,12)/t7-/m0/s1. The monoisotopic (exact) mass is 201 g/mol. The van der Waals surface area contributed by atoms with Crippen molar-refractivity contribution in [3.63, 3.8) is 0 Å². The van der Waals surface area contributed by atoms with Crippen molar-refractivity contribution in [2.75, 3.05) is 5.75 Å². The molecule has 0 amide bonds. The molecule has 3 nitrogen and oxygen atoms in total. The zero-order valence-corrected chi connectivity index (χ0v) is 8.94. The van der Waals surface area contributed by atoms with E-state index in [1.807, 2.05) is 13.8 Å². The SMILES string of the molecule is CC#CCSC(C)(C)[C@@H](N)C(=O)O. The molecule has 0 rings (SSSR count). The third kappa shape index (κ3) is 4.20. The Morgan fingerprint density at radius 2 is 2.23 bits per heavy atom. The van der Waals surface area contributed by atoms with Gasteiger partial charge in [-0.2, -0.15) is 0 Å².